The van der Waals surface area contributed by atoms with Gasteiger partial charge in [0, 0.05) is 13.2 Å². The third-order valence-corrected chi connectivity index (χ3v) is 2.92. The normalized spacial score (nSPS) is 10.5. The van der Waals surface area contributed by atoms with E-state index in [-0.39, 0.29) is 0 Å². The van der Waals surface area contributed by atoms with Crippen molar-refractivity contribution in [2.75, 3.05) is 12.3 Å². The lowest BCUT2D eigenvalue weighted by atomic mass is 10.3. The van der Waals surface area contributed by atoms with Gasteiger partial charge < -0.3 is 15.0 Å². The second-order valence-electron chi connectivity index (χ2n) is 3.37. The number of carbonyl (C=O) groups excluding carboxylic acids is 1. The quantitative estimate of drug-likeness (QED) is 0.832. The summed E-state index contributed by atoms with van der Waals surface area (Å²) in [5.74, 6) is -0.414. The number of aryl methyl sites for hydroxylation is 1. The number of imidazole rings is 1. The van der Waals surface area contributed by atoms with Gasteiger partial charge in [0.15, 0.2) is 5.13 Å². The van der Waals surface area contributed by atoms with Crippen molar-refractivity contribution in [1.29, 1.82) is 0 Å². The second kappa shape index (κ2) is 4.54. The van der Waals surface area contributed by atoms with Crippen molar-refractivity contribution < 1.29 is 9.53 Å². The molecule has 2 aromatic heterocycles. The molecule has 0 saturated heterocycles. The maximum absolute atomic E-state index is 11.7. The van der Waals surface area contributed by atoms with E-state index >= 15 is 0 Å². The molecule has 0 fully saturated rings. The van der Waals surface area contributed by atoms with Crippen LogP contribution in [0.4, 0.5) is 5.13 Å². The maximum Gasteiger partial charge on any atom is 0.350 e. The third-order valence-electron chi connectivity index (χ3n) is 2.05. The van der Waals surface area contributed by atoms with Gasteiger partial charge in [-0.1, -0.05) is 11.3 Å². The molecule has 0 aliphatic carbocycles. The van der Waals surface area contributed by atoms with Gasteiger partial charge in [-0.15, -0.1) is 0 Å². The van der Waals surface area contributed by atoms with E-state index in [4.69, 9.17) is 10.5 Å². The Morgan fingerprint density at radius 1 is 1.65 bits per heavy atom. The highest BCUT2D eigenvalue weighted by Crippen LogP contribution is 2.29. The first kappa shape index (κ1) is 11.6. The van der Waals surface area contributed by atoms with Crippen LogP contribution in [0.1, 0.15) is 16.6 Å². The molecular weight excluding hydrogens is 240 g/mol. The molecule has 7 heteroatoms. The molecule has 0 amide bonds. The highest BCUT2D eigenvalue weighted by Gasteiger charge is 2.20. The van der Waals surface area contributed by atoms with Gasteiger partial charge in [0.1, 0.15) is 16.3 Å². The number of nitrogen functional groups attached to an aromatic ring is 1. The van der Waals surface area contributed by atoms with E-state index in [0.29, 0.717) is 28.0 Å². The summed E-state index contributed by atoms with van der Waals surface area (Å²) in [6.45, 7) is 2.07. The van der Waals surface area contributed by atoms with Crippen molar-refractivity contribution in [1.82, 2.24) is 14.5 Å². The first-order valence-electron chi connectivity index (χ1n) is 5.03. The molecule has 6 nitrogen and oxygen atoms in total. The number of hydrogen-bond donors (Lipinski definition) is 1. The van der Waals surface area contributed by atoms with Crippen molar-refractivity contribution >= 4 is 22.4 Å². The van der Waals surface area contributed by atoms with Gasteiger partial charge in [0.2, 0.25) is 0 Å². The minimum Gasteiger partial charge on any atom is -0.462 e. The van der Waals surface area contributed by atoms with Gasteiger partial charge in [-0.3, -0.25) is 0 Å². The smallest absolute Gasteiger partial charge is 0.350 e. The van der Waals surface area contributed by atoms with E-state index in [9.17, 15) is 4.79 Å². The molecule has 2 N–H and O–H groups in total. The lowest BCUT2D eigenvalue weighted by Crippen LogP contribution is -2.04. The molecule has 0 radical (unpaired) electrons. The molecule has 0 spiro atoms. The van der Waals surface area contributed by atoms with Gasteiger partial charge in [-0.2, -0.15) is 0 Å². The number of carbonyl (C=O) groups is 1. The summed E-state index contributed by atoms with van der Waals surface area (Å²) in [7, 11) is 1.84. The number of aromatic nitrogens is 3. The van der Waals surface area contributed by atoms with E-state index in [1.165, 1.54) is 0 Å². The van der Waals surface area contributed by atoms with E-state index in [1.54, 1.807) is 24.0 Å². The summed E-state index contributed by atoms with van der Waals surface area (Å²) in [6.07, 6.45) is 3.41. The fourth-order valence-corrected chi connectivity index (χ4v) is 2.12. The first-order chi connectivity index (χ1) is 8.11. The highest BCUT2D eigenvalue weighted by atomic mass is 32.1. The van der Waals surface area contributed by atoms with E-state index in [1.807, 2.05) is 7.05 Å². The number of ether oxygens (including phenoxy) is 1. The second-order valence-corrected chi connectivity index (χ2v) is 4.41. The van der Waals surface area contributed by atoms with Crippen LogP contribution in [0.3, 0.4) is 0 Å². The molecule has 0 saturated carbocycles. The van der Waals surface area contributed by atoms with Crippen molar-refractivity contribution in [3.05, 3.63) is 17.4 Å². The van der Waals surface area contributed by atoms with Crippen molar-refractivity contribution in [3.8, 4) is 11.4 Å². The largest absolute Gasteiger partial charge is 0.462 e. The summed E-state index contributed by atoms with van der Waals surface area (Å²) >= 11 is 1.11. The number of thiazole rings is 1. The monoisotopic (exact) mass is 252 g/mol. The Balaban J connectivity index is 2.43. The lowest BCUT2D eigenvalue weighted by molar-refractivity contribution is 0.0532. The molecular formula is C10H12N4O2S. The van der Waals surface area contributed by atoms with Crippen molar-refractivity contribution in [2.45, 2.75) is 6.92 Å². The Hall–Kier alpha value is -1.89. The Bertz CT molecular complexity index is 546. The fourth-order valence-electron chi connectivity index (χ4n) is 1.38. The standard InChI is InChI=1S/C10H12N4O2S/c1-3-16-9(15)8-7(13-10(11)17-8)6-4-14(2)5-12-6/h4-5H,3H2,1-2H3,(H2,11,13). The van der Waals surface area contributed by atoms with Crippen LogP contribution in [0, 0.1) is 0 Å². The van der Waals surface area contributed by atoms with E-state index < -0.39 is 5.97 Å². The van der Waals surface area contributed by atoms with Crippen LogP contribution in [0.5, 0.6) is 0 Å². The zero-order chi connectivity index (χ0) is 12.4. The average molecular weight is 252 g/mol. The number of nitrogens with two attached hydrogens (primary N) is 1. The van der Waals surface area contributed by atoms with Crippen molar-refractivity contribution in [2.24, 2.45) is 7.05 Å². The topological polar surface area (TPSA) is 83.0 Å². The van der Waals surface area contributed by atoms with Gasteiger partial charge >= 0.3 is 5.97 Å². The number of nitrogens with zero attached hydrogens (tertiary/aromatic N) is 3. The molecule has 0 bridgehead atoms. The zero-order valence-corrected chi connectivity index (χ0v) is 10.3. The number of hydrogen-bond acceptors (Lipinski definition) is 6. The van der Waals surface area contributed by atoms with Gasteiger partial charge in [0.05, 0.1) is 12.9 Å². The van der Waals surface area contributed by atoms with Crippen LogP contribution in [0.2, 0.25) is 0 Å². The number of anilines is 1. The molecule has 0 unspecified atom stereocenters. The molecule has 0 aliphatic heterocycles. The summed E-state index contributed by atoms with van der Waals surface area (Å²) in [5, 5.41) is 0.328. The highest BCUT2D eigenvalue weighted by molar-refractivity contribution is 7.17. The lowest BCUT2D eigenvalue weighted by Gasteiger charge is -1.99. The Morgan fingerprint density at radius 3 is 3.00 bits per heavy atom. The third kappa shape index (κ3) is 2.28. The van der Waals surface area contributed by atoms with Crippen LogP contribution >= 0.6 is 11.3 Å². The van der Waals surface area contributed by atoms with Crippen LogP contribution < -0.4 is 5.73 Å². The summed E-state index contributed by atoms with van der Waals surface area (Å²) in [5.41, 5.74) is 6.72. The first-order valence-corrected chi connectivity index (χ1v) is 5.85. The fraction of sp³-hybridized carbons (Fsp3) is 0.300. The zero-order valence-electron chi connectivity index (χ0n) is 9.51. The van der Waals surface area contributed by atoms with Gasteiger partial charge in [-0.25, -0.2) is 14.8 Å². The molecule has 0 atom stereocenters. The summed E-state index contributed by atoms with van der Waals surface area (Å²) in [6, 6.07) is 0. The Morgan fingerprint density at radius 2 is 2.41 bits per heavy atom. The van der Waals surface area contributed by atoms with Gasteiger partial charge in [0.25, 0.3) is 0 Å². The number of rotatable bonds is 3. The minimum atomic E-state index is -0.414. The van der Waals surface area contributed by atoms with E-state index in [0.717, 1.165) is 11.3 Å². The molecule has 90 valence electrons. The van der Waals surface area contributed by atoms with Gasteiger partial charge in [-0.05, 0) is 6.92 Å². The molecule has 0 aromatic carbocycles. The molecule has 17 heavy (non-hydrogen) atoms. The van der Waals surface area contributed by atoms with Crippen LogP contribution in [-0.2, 0) is 11.8 Å². The van der Waals surface area contributed by atoms with Crippen LogP contribution in [0.25, 0.3) is 11.4 Å². The predicted molar refractivity (Wildman–Crippen MR) is 64.7 cm³/mol. The number of esters is 1. The molecule has 0 aliphatic rings. The van der Waals surface area contributed by atoms with Crippen molar-refractivity contribution in [3.63, 3.8) is 0 Å². The minimum absolute atomic E-state index is 0.318. The Labute approximate surface area is 102 Å². The van der Waals surface area contributed by atoms with Crippen LogP contribution in [-0.4, -0.2) is 27.1 Å². The summed E-state index contributed by atoms with van der Waals surface area (Å²) < 4.78 is 6.73. The molecule has 2 heterocycles. The van der Waals surface area contributed by atoms with E-state index in [2.05, 4.69) is 9.97 Å². The SMILES string of the molecule is CCOC(=O)c1sc(N)nc1-c1cn(C)cn1. The summed E-state index contributed by atoms with van der Waals surface area (Å²) in [4.78, 5) is 20.4. The Kier molecular flexibility index (Phi) is 3.10. The molecule has 2 rings (SSSR count). The maximum atomic E-state index is 11.7. The predicted octanol–water partition coefficient (Wildman–Crippen LogP) is 1.30. The molecule has 2 aromatic rings. The van der Waals surface area contributed by atoms with Crippen LogP contribution in [0.15, 0.2) is 12.5 Å². The average Bonchev–Trinajstić information content (AvgIpc) is 2.84.